The van der Waals surface area contributed by atoms with E-state index in [2.05, 4.69) is 26.6 Å². The van der Waals surface area contributed by atoms with Gasteiger partial charge in [-0.3, -0.25) is 9.59 Å². The normalized spacial score (nSPS) is 14.6. The molecule has 1 saturated heterocycles. The number of nitrogens with one attached hydrogen (secondary N) is 2. The predicted octanol–water partition coefficient (Wildman–Crippen LogP) is 1.37. The summed E-state index contributed by atoms with van der Waals surface area (Å²) in [5.41, 5.74) is 1.74. The van der Waals surface area contributed by atoms with Crippen LogP contribution in [0.4, 0.5) is 5.69 Å². The van der Waals surface area contributed by atoms with Gasteiger partial charge in [0, 0.05) is 30.3 Å². The Balaban J connectivity index is 1.89. The third kappa shape index (κ3) is 3.58. The van der Waals surface area contributed by atoms with E-state index in [1.807, 2.05) is 25.1 Å². The van der Waals surface area contributed by atoms with Crippen LogP contribution in [-0.2, 0) is 9.59 Å². The van der Waals surface area contributed by atoms with Crippen molar-refractivity contribution in [2.45, 2.75) is 6.92 Å². The molecule has 1 fully saturated rings. The number of likely N-dealkylation sites (N-methyl/N-ethyl adjacent to an activating group) is 1. The van der Waals surface area contributed by atoms with Crippen molar-refractivity contribution in [3.63, 3.8) is 0 Å². The average molecular weight is 340 g/mol. The highest BCUT2D eigenvalue weighted by molar-refractivity contribution is 9.10. The van der Waals surface area contributed by atoms with Crippen molar-refractivity contribution in [1.82, 2.24) is 10.2 Å². The number of hydrogen-bond acceptors (Lipinski definition) is 3. The number of halogens is 1. The van der Waals surface area contributed by atoms with Gasteiger partial charge in [0.2, 0.25) is 11.8 Å². The maximum absolute atomic E-state index is 12.0. The van der Waals surface area contributed by atoms with E-state index in [0.29, 0.717) is 13.1 Å². The Labute approximate surface area is 126 Å². The summed E-state index contributed by atoms with van der Waals surface area (Å²) in [6, 6.07) is 5.65. The van der Waals surface area contributed by atoms with E-state index in [0.717, 1.165) is 15.7 Å². The van der Waals surface area contributed by atoms with Gasteiger partial charge in [0.05, 0.1) is 12.5 Å². The summed E-state index contributed by atoms with van der Waals surface area (Å²) in [5, 5.41) is 5.88. The fourth-order valence-electron chi connectivity index (χ4n) is 2.03. The highest BCUT2D eigenvalue weighted by Crippen LogP contribution is 2.20. The van der Waals surface area contributed by atoms with E-state index < -0.39 is 0 Å². The maximum atomic E-state index is 12.0. The van der Waals surface area contributed by atoms with Gasteiger partial charge in [-0.25, -0.2) is 0 Å². The molecule has 0 unspecified atom stereocenters. The first-order chi connectivity index (χ1) is 9.47. The van der Waals surface area contributed by atoms with Gasteiger partial charge in [-0.15, -0.1) is 0 Å². The summed E-state index contributed by atoms with van der Waals surface area (Å²) in [4.78, 5) is 25.4. The molecule has 5 nitrogen and oxygen atoms in total. The third-order valence-electron chi connectivity index (χ3n) is 3.35. The number of nitrogens with zero attached hydrogens (tertiary/aromatic N) is 1. The lowest BCUT2D eigenvalue weighted by Gasteiger charge is -2.30. The van der Waals surface area contributed by atoms with Crippen LogP contribution in [0.3, 0.4) is 0 Å². The van der Waals surface area contributed by atoms with E-state index in [1.54, 1.807) is 7.05 Å². The SMILES string of the molecule is Cc1cc(Br)ccc1NC(=O)CN(C)C(=O)C1CNC1. The van der Waals surface area contributed by atoms with Crippen molar-refractivity contribution < 1.29 is 9.59 Å². The van der Waals surface area contributed by atoms with Crippen molar-refractivity contribution in [3.8, 4) is 0 Å². The highest BCUT2D eigenvalue weighted by atomic mass is 79.9. The van der Waals surface area contributed by atoms with E-state index in [4.69, 9.17) is 0 Å². The van der Waals surface area contributed by atoms with Crippen LogP contribution in [0.2, 0.25) is 0 Å². The van der Waals surface area contributed by atoms with Crippen LogP contribution in [0, 0.1) is 12.8 Å². The highest BCUT2D eigenvalue weighted by Gasteiger charge is 2.28. The molecule has 0 bridgehead atoms. The molecule has 0 aromatic heterocycles. The van der Waals surface area contributed by atoms with E-state index in [9.17, 15) is 9.59 Å². The fraction of sp³-hybridized carbons (Fsp3) is 0.429. The minimum absolute atomic E-state index is 0.0159. The van der Waals surface area contributed by atoms with E-state index in [1.165, 1.54) is 4.90 Å². The Hall–Kier alpha value is -1.40. The summed E-state index contributed by atoms with van der Waals surface area (Å²) in [7, 11) is 1.66. The van der Waals surface area contributed by atoms with Crippen molar-refractivity contribution in [2.24, 2.45) is 5.92 Å². The Morgan fingerprint density at radius 2 is 2.15 bits per heavy atom. The second-order valence-corrected chi connectivity index (χ2v) is 5.97. The van der Waals surface area contributed by atoms with Crippen molar-refractivity contribution in [3.05, 3.63) is 28.2 Å². The molecule has 1 aromatic rings. The number of amides is 2. The number of carbonyl (C=O) groups is 2. The van der Waals surface area contributed by atoms with Crippen molar-refractivity contribution >= 4 is 33.4 Å². The molecule has 1 heterocycles. The van der Waals surface area contributed by atoms with E-state index in [-0.39, 0.29) is 24.3 Å². The van der Waals surface area contributed by atoms with Gasteiger partial charge in [-0.1, -0.05) is 15.9 Å². The second kappa shape index (κ2) is 6.37. The molecule has 2 amide bonds. The molecule has 2 rings (SSSR count). The smallest absolute Gasteiger partial charge is 0.243 e. The molecular weight excluding hydrogens is 322 g/mol. The number of carbonyl (C=O) groups excluding carboxylic acids is 2. The molecular formula is C14H18BrN3O2. The largest absolute Gasteiger partial charge is 0.336 e. The van der Waals surface area contributed by atoms with Crippen LogP contribution >= 0.6 is 15.9 Å². The number of hydrogen-bond donors (Lipinski definition) is 2. The molecule has 0 spiro atoms. The summed E-state index contributed by atoms with van der Waals surface area (Å²) < 4.78 is 0.970. The first-order valence-corrected chi connectivity index (χ1v) is 7.28. The van der Waals surface area contributed by atoms with Gasteiger partial charge in [0.1, 0.15) is 0 Å². The topological polar surface area (TPSA) is 61.4 Å². The first kappa shape index (κ1) is 15.0. The molecule has 1 aliphatic heterocycles. The van der Waals surface area contributed by atoms with Gasteiger partial charge in [0.25, 0.3) is 0 Å². The summed E-state index contributed by atoms with van der Waals surface area (Å²) in [5.74, 6) is -0.146. The molecule has 0 saturated carbocycles. The molecule has 108 valence electrons. The predicted molar refractivity (Wildman–Crippen MR) is 81.5 cm³/mol. The van der Waals surface area contributed by atoms with E-state index >= 15 is 0 Å². The second-order valence-electron chi connectivity index (χ2n) is 5.06. The lowest BCUT2D eigenvalue weighted by Crippen LogP contribution is -2.52. The average Bonchev–Trinajstić information content (AvgIpc) is 2.30. The molecule has 0 aliphatic carbocycles. The molecule has 2 N–H and O–H groups in total. The Morgan fingerprint density at radius 3 is 2.70 bits per heavy atom. The summed E-state index contributed by atoms with van der Waals surface area (Å²) in [6.45, 7) is 3.41. The zero-order chi connectivity index (χ0) is 14.7. The lowest BCUT2D eigenvalue weighted by atomic mass is 10.0. The maximum Gasteiger partial charge on any atom is 0.243 e. The Bertz CT molecular complexity index is 529. The standard InChI is InChI=1S/C14H18BrN3O2/c1-9-5-11(15)3-4-12(9)17-13(19)8-18(2)14(20)10-6-16-7-10/h3-5,10,16H,6-8H2,1-2H3,(H,17,19). The fourth-order valence-corrected chi connectivity index (χ4v) is 2.50. The quantitative estimate of drug-likeness (QED) is 0.870. The summed E-state index contributed by atoms with van der Waals surface area (Å²) >= 11 is 3.38. The third-order valence-corrected chi connectivity index (χ3v) is 3.84. The Morgan fingerprint density at radius 1 is 1.45 bits per heavy atom. The van der Waals surface area contributed by atoms with Crippen molar-refractivity contribution in [2.75, 3.05) is 32.0 Å². The first-order valence-electron chi connectivity index (χ1n) is 6.49. The monoisotopic (exact) mass is 339 g/mol. The van der Waals surface area contributed by atoms with Gasteiger partial charge in [0.15, 0.2) is 0 Å². The molecule has 1 aliphatic rings. The van der Waals surface area contributed by atoms with Crippen LogP contribution in [0.5, 0.6) is 0 Å². The van der Waals surface area contributed by atoms with Gasteiger partial charge in [-0.2, -0.15) is 0 Å². The van der Waals surface area contributed by atoms with Crippen LogP contribution in [0.25, 0.3) is 0 Å². The zero-order valence-electron chi connectivity index (χ0n) is 11.6. The molecule has 1 aromatic carbocycles. The molecule has 0 radical (unpaired) electrons. The number of anilines is 1. The zero-order valence-corrected chi connectivity index (χ0v) is 13.2. The van der Waals surface area contributed by atoms with Crippen LogP contribution < -0.4 is 10.6 Å². The van der Waals surface area contributed by atoms with Crippen LogP contribution in [0.15, 0.2) is 22.7 Å². The lowest BCUT2D eigenvalue weighted by molar-refractivity contribution is -0.138. The molecule has 20 heavy (non-hydrogen) atoms. The van der Waals surface area contributed by atoms with Gasteiger partial charge >= 0.3 is 0 Å². The Kier molecular flexibility index (Phi) is 4.77. The molecule has 0 atom stereocenters. The summed E-state index contributed by atoms with van der Waals surface area (Å²) in [6.07, 6.45) is 0. The minimum Gasteiger partial charge on any atom is -0.336 e. The van der Waals surface area contributed by atoms with Gasteiger partial charge in [-0.05, 0) is 30.7 Å². The number of rotatable bonds is 4. The number of aryl methyl sites for hydroxylation is 1. The van der Waals surface area contributed by atoms with Gasteiger partial charge < -0.3 is 15.5 Å². The number of benzene rings is 1. The molecule has 6 heteroatoms. The van der Waals surface area contributed by atoms with Crippen molar-refractivity contribution in [1.29, 1.82) is 0 Å². The van der Waals surface area contributed by atoms with Crippen LogP contribution in [-0.4, -0.2) is 43.4 Å². The van der Waals surface area contributed by atoms with Crippen LogP contribution in [0.1, 0.15) is 5.56 Å². The minimum atomic E-state index is -0.182.